The van der Waals surface area contributed by atoms with E-state index in [1.54, 1.807) is 19.1 Å². The van der Waals surface area contributed by atoms with Gasteiger partial charge in [0.1, 0.15) is 0 Å². The molecule has 0 aliphatic carbocycles. The second-order valence-corrected chi connectivity index (χ2v) is 6.70. The minimum Gasteiger partial charge on any atom is -0.493 e. The summed E-state index contributed by atoms with van der Waals surface area (Å²) >= 11 is 3.33. The zero-order chi connectivity index (χ0) is 22.1. The topological polar surface area (TPSA) is 100 Å². The molecular formula is C21H22BrNO7. The lowest BCUT2D eigenvalue weighted by molar-refractivity contribution is -0.119. The fraction of sp³-hybridized carbons (Fsp3) is 0.286. The first-order valence-electron chi connectivity index (χ1n) is 9.14. The first kappa shape index (κ1) is 23.2. The molecule has 8 nitrogen and oxygen atoms in total. The van der Waals surface area contributed by atoms with E-state index in [-0.39, 0.29) is 12.2 Å². The molecule has 0 saturated heterocycles. The number of carbonyl (C=O) groups excluding carboxylic acids is 3. The lowest BCUT2D eigenvalue weighted by Crippen LogP contribution is -2.21. The van der Waals surface area contributed by atoms with Gasteiger partial charge in [0.05, 0.1) is 35.9 Å². The second kappa shape index (κ2) is 11.2. The first-order chi connectivity index (χ1) is 14.4. The van der Waals surface area contributed by atoms with Gasteiger partial charge < -0.3 is 24.3 Å². The van der Waals surface area contributed by atoms with Crippen molar-refractivity contribution < 1.29 is 33.3 Å². The zero-order valence-corrected chi connectivity index (χ0v) is 18.4. The Bertz CT molecular complexity index is 912. The van der Waals surface area contributed by atoms with E-state index in [1.165, 1.54) is 31.4 Å². The molecule has 2 aromatic carbocycles. The predicted octanol–water partition coefficient (Wildman–Crippen LogP) is 3.83. The van der Waals surface area contributed by atoms with Crippen LogP contribution in [-0.4, -0.2) is 44.8 Å². The molecule has 1 N–H and O–H groups in total. The first-order valence-corrected chi connectivity index (χ1v) is 9.93. The molecule has 160 valence electrons. The van der Waals surface area contributed by atoms with Crippen LogP contribution in [0.15, 0.2) is 40.9 Å². The third-order valence-corrected chi connectivity index (χ3v) is 4.36. The summed E-state index contributed by atoms with van der Waals surface area (Å²) in [5.41, 5.74) is 1.03. The fourth-order valence-electron chi connectivity index (χ4n) is 2.44. The Hall–Kier alpha value is -3.07. The maximum Gasteiger partial charge on any atom is 0.338 e. The van der Waals surface area contributed by atoms with Crippen LogP contribution in [-0.2, 0) is 14.3 Å². The van der Waals surface area contributed by atoms with Gasteiger partial charge in [-0.25, -0.2) is 9.59 Å². The van der Waals surface area contributed by atoms with Gasteiger partial charge in [0.25, 0.3) is 5.91 Å². The molecule has 30 heavy (non-hydrogen) atoms. The van der Waals surface area contributed by atoms with Crippen LogP contribution in [0.1, 0.15) is 34.6 Å². The average Bonchev–Trinajstić information content (AvgIpc) is 2.74. The largest absolute Gasteiger partial charge is 0.493 e. The number of ether oxygens (including phenoxy) is 4. The number of hydrogen-bond acceptors (Lipinski definition) is 7. The van der Waals surface area contributed by atoms with Crippen molar-refractivity contribution in [2.24, 2.45) is 0 Å². The molecule has 0 heterocycles. The normalized spacial score (nSPS) is 10.1. The van der Waals surface area contributed by atoms with Crippen molar-refractivity contribution in [2.45, 2.75) is 13.8 Å². The molecule has 0 saturated carbocycles. The average molecular weight is 480 g/mol. The van der Waals surface area contributed by atoms with Crippen LogP contribution in [0, 0.1) is 0 Å². The van der Waals surface area contributed by atoms with Crippen molar-refractivity contribution in [1.82, 2.24) is 0 Å². The van der Waals surface area contributed by atoms with Gasteiger partial charge in [0.15, 0.2) is 18.1 Å². The minimum absolute atomic E-state index is 0.203. The number of esters is 2. The van der Waals surface area contributed by atoms with Crippen LogP contribution >= 0.6 is 15.9 Å². The molecule has 0 unspecified atom stereocenters. The van der Waals surface area contributed by atoms with E-state index in [0.717, 1.165) is 0 Å². The summed E-state index contributed by atoms with van der Waals surface area (Å²) < 4.78 is 21.2. The maximum absolute atomic E-state index is 12.3. The Labute approximate surface area is 182 Å². The number of rotatable bonds is 9. The van der Waals surface area contributed by atoms with Crippen LogP contribution in [0.25, 0.3) is 0 Å². The molecular weight excluding hydrogens is 458 g/mol. The van der Waals surface area contributed by atoms with Crippen molar-refractivity contribution in [1.29, 1.82) is 0 Å². The Morgan fingerprint density at radius 2 is 1.60 bits per heavy atom. The zero-order valence-electron chi connectivity index (χ0n) is 16.8. The molecule has 0 aliphatic rings. The number of methoxy groups -OCH3 is 1. The highest BCUT2D eigenvalue weighted by molar-refractivity contribution is 9.10. The van der Waals surface area contributed by atoms with E-state index in [9.17, 15) is 14.4 Å². The molecule has 0 fully saturated rings. The van der Waals surface area contributed by atoms with Gasteiger partial charge in [-0.3, -0.25) is 4.79 Å². The van der Waals surface area contributed by atoms with Crippen LogP contribution < -0.4 is 14.8 Å². The number of amides is 1. The quantitative estimate of drug-likeness (QED) is 0.545. The molecule has 0 aliphatic heterocycles. The molecule has 0 atom stereocenters. The number of benzene rings is 2. The number of anilines is 1. The smallest absolute Gasteiger partial charge is 0.338 e. The number of carbonyl (C=O) groups is 3. The highest BCUT2D eigenvalue weighted by Gasteiger charge is 2.17. The fourth-order valence-corrected chi connectivity index (χ4v) is 2.99. The monoisotopic (exact) mass is 479 g/mol. The van der Waals surface area contributed by atoms with Gasteiger partial charge in [0, 0.05) is 5.69 Å². The van der Waals surface area contributed by atoms with Gasteiger partial charge in [-0.1, -0.05) is 0 Å². The Morgan fingerprint density at radius 1 is 0.933 bits per heavy atom. The third-order valence-electron chi connectivity index (χ3n) is 3.77. The van der Waals surface area contributed by atoms with Crippen LogP contribution in [0.3, 0.4) is 0 Å². The Kier molecular flexibility index (Phi) is 8.67. The molecule has 0 spiro atoms. The summed E-state index contributed by atoms with van der Waals surface area (Å²) in [5, 5.41) is 2.58. The van der Waals surface area contributed by atoms with E-state index in [1.807, 2.05) is 6.92 Å². The van der Waals surface area contributed by atoms with E-state index < -0.39 is 24.5 Å². The highest BCUT2D eigenvalue weighted by Crippen LogP contribution is 2.36. The van der Waals surface area contributed by atoms with Crippen LogP contribution in [0.4, 0.5) is 5.69 Å². The molecule has 1 amide bonds. The van der Waals surface area contributed by atoms with Crippen molar-refractivity contribution in [3.8, 4) is 11.5 Å². The molecule has 2 aromatic rings. The Balaban J connectivity index is 1.95. The minimum atomic E-state index is -0.690. The molecule has 2 rings (SSSR count). The molecule has 0 aromatic heterocycles. The summed E-state index contributed by atoms with van der Waals surface area (Å²) in [4.78, 5) is 36.0. The van der Waals surface area contributed by atoms with E-state index in [4.69, 9.17) is 18.9 Å². The standard InChI is InChI=1S/C21H22BrNO7/c1-4-28-19-16(22)10-14(11-17(19)27-3)21(26)30-12-18(24)23-15-8-6-13(7-9-15)20(25)29-5-2/h6-11H,4-5,12H2,1-3H3,(H,23,24). The lowest BCUT2D eigenvalue weighted by Gasteiger charge is -2.13. The van der Waals surface area contributed by atoms with Gasteiger partial charge in [-0.15, -0.1) is 0 Å². The number of nitrogens with one attached hydrogen (secondary N) is 1. The lowest BCUT2D eigenvalue weighted by atomic mass is 10.2. The maximum atomic E-state index is 12.3. The van der Waals surface area contributed by atoms with Crippen LogP contribution in [0.2, 0.25) is 0 Å². The summed E-state index contributed by atoms with van der Waals surface area (Å²) in [7, 11) is 1.46. The van der Waals surface area contributed by atoms with Crippen molar-refractivity contribution in [2.75, 3.05) is 32.2 Å². The van der Waals surface area contributed by atoms with Gasteiger partial charge in [0.2, 0.25) is 0 Å². The summed E-state index contributed by atoms with van der Waals surface area (Å²) in [6.45, 7) is 3.78. The van der Waals surface area contributed by atoms with Crippen molar-refractivity contribution >= 4 is 39.5 Å². The van der Waals surface area contributed by atoms with Crippen molar-refractivity contribution in [3.63, 3.8) is 0 Å². The van der Waals surface area contributed by atoms with Crippen molar-refractivity contribution in [3.05, 3.63) is 52.0 Å². The van der Waals surface area contributed by atoms with E-state index in [2.05, 4.69) is 21.2 Å². The van der Waals surface area contributed by atoms with Gasteiger partial charge in [-0.05, 0) is 66.2 Å². The highest BCUT2D eigenvalue weighted by atomic mass is 79.9. The SMILES string of the molecule is CCOC(=O)c1ccc(NC(=O)COC(=O)c2cc(Br)c(OCC)c(OC)c2)cc1. The summed E-state index contributed by atoms with van der Waals surface area (Å²) in [6.07, 6.45) is 0. The molecule has 0 radical (unpaired) electrons. The predicted molar refractivity (Wildman–Crippen MR) is 113 cm³/mol. The van der Waals surface area contributed by atoms with E-state index >= 15 is 0 Å². The van der Waals surface area contributed by atoms with Gasteiger partial charge >= 0.3 is 11.9 Å². The summed E-state index contributed by atoms with van der Waals surface area (Å²) in [5.74, 6) is -0.819. The molecule has 9 heteroatoms. The summed E-state index contributed by atoms with van der Waals surface area (Å²) in [6, 6.07) is 9.18. The second-order valence-electron chi connectivity index (χ2n) is 5.84. The van der Waals surface area contributed by atoms with Gasteiger partial charge in [-0.2, -0.15) is 0 Å². The third kappa shape index (κ3) is 6.21. The molecule has 0 bridgehead atoms. The van der Waals surface area contributed by atoms with E-state index in [0.29, 0.717) is 33.8 Å². The Morgan fingerprint density at radius 3 is 2.20 bits per heavy atom. The number of halogens is 1. The number of hydrogen-bond donors (Lipinski definition) is 1. The van der Waals surface area contributed by atoms with Crippen LogP contribution in [0.5, 0.6) is 11.5 Å².